The number of nitrogens with zero attached hydrogens (tertiary/aromatic N) is 2. The zero-order valence-corrected chi connectivity index (χ0v) is 29.8. The topological polar surface area (TPSA) is 49.9 Å². The maximum absolute atomic E-state index is 6.59. The second-order valence-electron chi connectivity index (χ2n) is 14.2. The van der Waals surface area contributed by atoms with Crippen molar-refractivity contribution in [1.29, 1.82) is 0 Å². The van der Waals surface area contributed by atoms with Gasteiger partial charge in [-0.2, -0.15) is 0 Å². The highest BCUT2D eigenvalue weighted by molar-refractivity contribution is 6.18. The fraction of sp³-hybridized carbons (Fsp3) is 0.0196. The van der Waals surface area contributed by atoms with E-state index in [1.807, 2.05) is 24.3 Å². The van der Waals surface area contributed by atoms with E-state index in [-0.39, 0.29) is 0 Å². The lowest BCUT2D eigenvalue weighted by molar-refractivity contribution is 0.669. The van der Waals surface area contributed by atoms with Gasteiger partial charge in [-0.15, -0.1) is 0 Å². The number of benzene rings is 9. The van der Waals surface area contributed by atoms with Crippen LogP contribution in [-0.4, -0.2) is 11.7 Å². The SMILES string of the molecule is c1ccc(C2=NC(c3ccc(-c4cc(-c5ccc6ccccc6c5)cc5oc6ccccc6c45)c4ccccc34)N=C(c3ccc4ccccc4c3)N2)cc1. The second-order valence-corrected chi connectivity index (χ2v) is 14.2. The van der Waals surface area contributed by atoms with Crippen molar-refractivity contribution in [1.82, 2.24) is 5.32 Å². The molecule has 4 heteroatoms. The average molecular weight is 704 g/mol. The minimum absolute atomic E-state index is 0.462. The van der Waals surface area contributed by atoms with Crippen LogP contribution in [0.5, 0.6) is 0 Å². The van der Waals surface area contributed by atoms with Gasteiger partial charge in [0.25, 0.3) is 0 Å². The first-order valence-corrected chi connectivity index (χ1v) is 18.7. The Hall–Kier alpha value is -7.30. The van der Waals surface area contributed by atoms with E-state index in [0.29, 0.717) is 0 Å². The molecule has 55 heavy (non-hydrogen) atoms. The van der Waals surface area contributed by atoms with Crippen LogP contribution in [0.1, 0.15) is 22.9 Å². The molecule has 1 unspecified atom stereocenters. The molecule has 258 valence electrons. The Labute approximate surface area is 317 Å². The standard InChI is InChI=1S/C51H33N3O/c1-2-14-34(15-3-1)49-52-50(38-25-23-33-13-5-7-17-36(33)29-38)54-51(53-49)43-27-26-42(40-18-8-9-19-41(40)43)45-30-39(37-24-22-32-12-4-6-16-35(32)28-37)31-47-48(45)44-20-10-11-21-46(44)55-47/h1-31,51H,(H,52,53,54). The van der Waals surface area contributed by atoms with E-state index in [4.69, 9.17) is 14.4 Å². The average Bonchev–Trinajstić information content (AvgIpc) is 3.64. The number of rotatable bonds is 5. The molecule has 4 nitrogen and oxygen atoms in total. The van der Waals surface area contributed by atoms with Gasteiger partial charge in [-0.3, -0.25) is 0 Å². The maximum atomic E-state index is 6.59. The van der Waals surface area contributed by atoms with Gasteiger partial charge >= 0.3 is 0 Å². The molecular formula is C51H33N3O. The van der Waals surface area contributed by atoms with Gasteiger partial charge in [0, 0.05) is 27.5 Å². The number of hydrogen-bond donors (Lipinski definition) is 1. The summed E-state index contributed by atoms with van der Waals surface area (Å²) in [5, 5.41) is 12.9. The molecule has 0 radical (unpaired) electrons. The van der Waals surface area contributed by atoms with Crippen LogP contribution in [0.3, 0.4) is 0 Å². The first-order chi connectivity index (χ1) is 27.2. The van der Waals surface area contributed by atoms with Gasteiger partial charge in [-0.1, -0.05) is 158 Å². The molecule has 0 bridgehead atoms. The molecule has 2 heterocycles. The molecule has 0 spiro atoms. The fourth-order valence-electron chi connectivity index (χ4n) is 8.20. The lowest BCUT2D eigenvalue weighted by atomic mass is 9.89. The highest BCUT2D eigenvalue weighted by Crippen LogP contribution is 2.44. The van der Waals surface area contributed by atoms with Gasteiger partial charge in [0.15, 0.2) is 6.17 Å². The number of amidine groups is 2. The third-order valence-electron chi connectivity index (χ3n) is 10.9. The Balaban J connectivity index is 1.11. The van der Waals surface area contributed by atoms with Crippen molar-refractivity contribution in [3.05, 3.63) is 205 Å². The lowest BCUT2D eigenvalue weighted by Crippen LogP contribution is -2.36. The Kier molecular flexibility index (Phi) is 7.20. The zero-order chi connectivity index (χ0) is 36.3. The molecule has 0 saturated carbocycles. The quantitative estimate of drug-likeness (QED) is 0.194. The van der Waals surface area contributed by atoms with Crippen molar-refractivity contribution >= 4 is 65.9 Å². The van der Waals surface area contributed by atoms with Gasteiger partial charge in [0.2, 0.25) is 0 Å². The van der Waals surface area contributed by atoms with E-state index >= 15 is 0 Å². The normalized spacial score (nSPS) is 14.4. The number of fused-ring (bicyclic) bond motifs is 6. The molecule has 1 atom stereocenters. The molecule has 0 aliphatic carbocycles. The highest BCUT2D eigenvalue weighted by atomic mass is 16.3. The van der Waals surface area contributed by atoms with Crippen LogP contribution in [0, 0.1) is 0 Å². The first kappa shape index (κ1) is 31.2. The van der Waals surface area contributed by atoms with Crippen LogP contribution >= 0.6 is 0 Å². The monoisotopic (exact) mass is 703 g/mol. The molecule has 0 saturated heterocycles. The Morgan fingerprint density at radius 3 is 1.75 bits per heavy atom. The zero-order valence-electron chi connectivity index (χ0n) is 29.8. The Morgan fingerprint density at radius 1 is 0.382 bits per heavy atom. The Bertz CT molecular complexity index is 3190. The molecule has 1 aliphatic heterocycles. The van der Waals surface area contributed by atoms with Gasteiger partial charge in [-0.05, 0) is 84.9 Å². The molecule has 0 fully saturated rings. The lowest BCUT2D eigenvalue weighted by Gasteiger charge is -2.24. The van der Waals surface area contributed by atoms with Crippen molar-refractivity contribution in [2.75, 3.05) is 0 Å². The number of nitrogens with one attached hydrogen (secondary N) is 1. The van der Waals surface area contributed by atoms with Gasteiger partial charge in [-0.25, -0.2) is 9.98 Å². The highest BCUT2D eigenvalue weighted by Gasteiger charge is 2.24. The number of hydrogen-bond acceptors (Lipinski definition) is 4. The van der Waals surface area contributed by atoms with E-state index in [0.717, 1.165) is 83.3 Å². The van der Waals surface area contributed by atoms with Gasteiger partial charge < -0.3 is 9.73 Å². The van der Waals surface area contributed by atoms with E-state index in [2.05, 4.69) is 169 Å². The van der Waals surface area contributed by atoms with E-state index in [1.165, 1.54) is 21.5 Å². The summed E-state index contributed by atoms with van der Waals surface area (Å²) in [4.78, 5) is 10.6. The largest absolute Gasteiger partial charge is 0.456 e. The minimum Gasteiger partial charge on any atom is -0.456 e. The smallest absolute Gasteiger partial charge is 0.170 e. The van der Waals surface area contributed by atoms with E-state index in [9.17, 15) is 0 Å². The molecule has 1 aromatic heterocycles. The van der Waals surface area contributed by atoms with Crippen LogP contribution in [-0.2, 0) is 0 Å². The van der Waals surface area contributed by atoms with Crippen LogP contribution in [0.4, 0.5) is 0 Å². The number of furan rings is 1. The number of aliphatic imine (C=N–C) groups is 2. The molecule has 11 rings (SSSR count). The summed E-state index contributed by atoms with van der Waals surface area (Å²) < 4.78 is 6.59. The van der Waals surface area contributed by atoms with E-state index in [1.54, 1.807) is 0 Å². The molecule has 0 amide bonds. The maximum Gasteiger partial charge on any atom is 0.170 e. The summed E-state index contributed by atoms with van der Waals surface area (Å²) in [6.45, 7) is 0. The predicted molar refractivity (Wildman–Crippen MR) is 229 cm³/mol. The summed E-state index contributed by atoms with van der Waals surface area (Å²) in [5.74, 6) is 1.60. The van der Waals surface area contributed by atoms with Crippen LogP contribution in [0.15, 0.2) is 202 Å². The molecular weight excluding hydrogens is 671 g/mol. The summed E-state index contributed by atoms with van der Waals surface area (Å²) in [6, 6.07) is 66.5. The molecule has 9 aromatic carbocycles. The molecule has 1 N–H and O–H groups in total. The summed E-state index contributed by atoms with van der Waals surface area (Å²) in [5.41, 5.74) is 9.36. The summed E-state index contributed by atoms with van der Waals surface area (Å²) in [6.07, 6.45) is -0.462. The van der Waals surface area contributed by atoms with Crippen LogP contribution < -0.4 is 5.32 Å². The summed E-state index contributed by atoms with van der Waals surface area (Å²) >= 11 is 0. The van der Waals surface area contributed by atoms with Gasteiger partial charge in [0.1, 0.15) is 22.8 Å². The third kappa shape index (κ3) is 5.38. The van der Waals surface area contributed by atoms with Crippen molar-refractivity contribution in [3.63, 3.8) is 0 Å². The molecule has 1 aliphatic rings. The number of para-hydroxylation sites is 1. The van der Waals surface area contributed by atoms with Crippen LogP contribution in [0.2, 0.25) is 0 Å². The van der Waals surface area contributed by atoms with Crippen LogP contribution in [0.25, 0.3) is 76.5 Å². The van der Waals surface area contributed by atoms with Crippen molar-refractivity contribution in [2.45, 2.75) is 6.17 Å². The summed E-state index contributed by atoms with van der Waals surface area (Å²) in [7, 11) is 0. The van der Waals surface area contributed by atoms with Crippen molar-refractivity contribution < 1.29 is 4.42 Å². The van der Waals surface area contributed by atoms with Crippen molar-refractivity contribution in [3.8, 4) is 22.3 Å². The Morgan fingerprint density at radius 2 is 0.982 bits per heavy atom. The first-order valence-electron chi connectivity index (χ1n) is 18.7. The predicted octanol–water partition coefficient (Wildman–Crippen LogP) is 12.9. The third-order valence-corrected chi connectivity index (χ3v) is 10.9. The molecule has 10 aromatic rings. The minimum atomic E-state index is -0.462. The second kappa shape index (κ2) is 12.7. The fourth-order valence-corrected chi connectivity index (χ4v) is 8.20. The van der Waals surface area contributed by atoms with Crippen molar-refractivity contribution in [2.24, 2.45) is 9.98 Å². The van der Waals surface area contributed by atoms with Gasteiger partial charge in [0.05, 0.1) is 0 Å². The van der Waals surface area contributed by atoms with E-state index < -0.39 is 6.17 Å².